The lowest BCUT2D eigenvalue weighted by Gasteiger charge is -2.51. The van der Waals surface area contributed by atoms with Crippen LogP contribution in [-0.2, 0) is 19.0 Å². The third kappa shape index (κ3) is 2.65. The second-order valence-electron chi connectivity index (χ2n) is 9.85. The number of carbonyl (C=O) groups excluding carboxylic acids is 1. The van der Waals surface area contributed by atoms with Crippen molar-refractivity contribution in [3.63, 3.8) is 0 Å². The summed E-state index contributed by atoms with van der Waals surface area (Å²) < 4.78 is 17.4. The smallest absolute Gasteiger partial charge is 0.310 e. The Labute approximate surface area is 156 Å². The fourth-order valence-corrected chi connectivity index (χ4v) is 6.93. The Balaban J connectivity index is 1.34. The maximum atomic E-state index is 12.8. The van der Waals surface area contributed by atoms with Gasteiger partial charge in [-0.2, -0.15) is 0 Å². The second-order valence-corrected chi connectivity index (χ2v) is 9.85. The highest BCUT2D eigenvalue weighted by molar-refractivity contribution is 5.75. The van der Waals surface area contributed by atoms with Gasteiger partial charge in [-0.3, -0.25) is 9.69 Å². The van der Waals surface area contributed by atoms with E-state index < -0.39 is 0 Å². The van der Waals surface area contributed by atoms with E-state index in [1.807, 2.05) is 0 Å². The highest BCUT2D eigenvalue weighted by Crippen LogP contribution is 2.62. The van der Waals surface area contributed by atoms with Gasteiger partial charge in [0.15, 0.2) is 0 Å². The van der Waals surface area contributed by atoms with E-state index >= 15 is 0 Å². The molecule has 5 rings (SSSR count). The zero-order valence-electron chi connectivity index (χ0n) is 16.2. The van der Waals surface area contributed by atoms with Crippen LogP contribution in [0.4, 0.5) is 0 Å². The number of nitrogens with zero attached hydrogens (tertiary/aromatic N) is 1. The van der Waals surface area contributed by atoms with Gasteiger partial charge >= 0.3 is 5.97 Å². The number of methoxy groups -OCH3 is 1. The monoisotopic (exact) mass is 363 g/mol. The maximum absolute atomic E-state index is 12.8. The number of hydrogen-bond acceptors (Lipinski definition) is 5. The molecule has 0 amide bonds. The van der Waals surface area contributed by atoms with Crippen molar-refractivity contribution in [3.8, 4) is 0 Å². The molecule has 5 nitrogen and oxygen atoms in total. The molecule has 3 saturated heterocycles. The standard InChI is InChI=1S/C21H33NO4/c1-20-6-4-7-21(13-25-21)18(20)9-15-16(19(23)26-17(15)10-20)11-22-8-3-5-14(22)12-24-2/h14-18H,3-13H2,1-2H3/t14-,15-,16-,17-,18+,20-,21+/m1/s1. The molecule has 3 heterocycles. The van der Waals surface area contributed by atoms with Crippen molar-refractivity contribution < 1.29 is 19.0 Å². The van der Waals surface area contributed by atoms with E-state index in [0.29, 0.717) is 17.9 Å². The van der Waals surface area contributed by atoms with Crippen LogP contribution in [0.15, 0.2) is 0 Å². The molecule has 3 aliphatic heterocycles. The normalized spacial score (nSPS) is 50.5. The van der Waals surface area contributed by atoms with Gasteiger partial charge in [-0.1, -0.05) is 6.92 Å². The van der Waals surface area contributed by atoms with Crippen LogP contribution in [0.1, 0.15) is 51.9 Å². The fourth-order valence-electron chi connectivity index (χ4n) is 6.93. The lowest BCUT2D eigenvalue weighted by atomic mass is 9.53. The number of rotatable bonds is 4. The molecule has 0 bridgehead atoms. The minimum atomic E-state index is 0.0414. The Morgan fingerprint density at radius 3 is 2.92 bits per heavy atom. The molecule has 0 aromatic heterocycles. The van der Waals surface area contributed by atoms with Crippen LogP contribution in [0.3, 0.4) is 0 Å². The van der Waals surface area contributed by atoms with Gasteiger partial charge in [-0.05, 0) is 62.8 Å². The molecule has 0 aromatic rings. The van der Waals surface area contributed by atoms with E-state index in [1.165, 1.54) is 32.1 Å². The van der Waals surface area contributed by atoms with Gasteiger partial charge in [-0.15, -0.1) is 0 Å². The van der Waals surface area contributed by atoms with Crippen molar-refractivity contribution >= 4 is 5.97 Å². The van der Waals surface area contributed by atoms with Crippen LogP contribution in [-0.4, -0.2) is 62.0 Å². The zero-order valence-corrected chi connectivity index (χ0v) is 16.2. The average Bonchev–Trinajstić information content (AvgIpc) is 3.12. The van der Waals surface area contributed by atoms with Crippen molar-refractivity contribution in [2.45, 2.75) is 69.6 Å². The van der Waals surface area contributed by atoms with Gasteiger partial charge in [0.1, 0.15) is 6.10 Å². The predicted octanol–water partition coefficient (Wildman–Crippen LogP) is 2.62. The molecule has 26 heavy (non-hydrogen) atoms. The van der Waals surface area contributed by atoms with Gasteiger partial charge in [0.25, 0.3) is 0 Å². The van der Waals surface area contributed by atoms with Crippen LogP contribution in [0.5, 0.6) is 0 Å². The summed E-state index contributed by atoms with van der Waals surface area (Å²) in [6.45, 7) is 6.07. The molecular weight excluding hydrogens is 330 g/mol. The van der Waals surface area contributed by atoms with Gasteiger partial charge in [0.2, 0.25) is 0 Å². The van der Waals surface area contributed by atoms with Crippen LogP contribution in [0, 0.1) is 23.2 Å². The number of hydrogen-bond donors (Lipinski definition) is 0. The molecule has 7 atom stereocenters. The molecule has 1 spiro atoms. The van der Waals surface area contributed by atoms with E-state index in [9.17, 15) is 4.79 Å². The summed E-state index contributed by atoms with van der Waals surface area (Å²) in [6.07, 6.45) is 8.41. The first-order chi connectivity index (χ1) is 12.5. The Kier molecular flexibility index (Phi) is 4.15. The molecule has 5 fully saturated rings. The van der Waals surface area contributed by atoms with Gasteiger partial charge in [0.05, 0.1) is 24.7 Å². The number of ether oxygens (including phenoxy) is 3. The highest BCUT2D eigenvalue weighted by atomic mass is 16.6. The molecule has 5 heteroatoms. The summed E-state index contributed by atoms with van der Waals surface area (Å²) in [4.78, 5) is 15.3. The van der Waals surface area contributed by atoms with Gasteiger partial charge in [-0.25, -0.2) is 0 Å². The minimum Gasteiger partial charge on any atom is -0.462 e. The van der Waals surface area contributed by atoms with Crippen LogP contribution >= 0.6 is 0 Å². The first-order valence-corrected chi connectivity index (χ1v) is 10.6. The zero-order chi connectivity index (χ0) is 17.9. The Morgan fingerprint density at radius 2 is 2.15 bits per heavy atom. The van der Waals surface area contributed by atoms with Crippen LogP contribution < -0.4 is 0 Å². The second kappa shape index (κ2) is 6.18. The molecule has 2 aliphatic carbocycles. The Bertz CT molecular complexity index is 576. The number of likely N-dealkylation sites (tertiary alicyclic amines) is 1. The first kappa shape index (κ1) is 17.4. The molecule has 146 valence electrons. The topological polar surface area (TPSA) is 51.3 Å². The van der Waals surface area contributed by atoms with Gasteiger partial charge in [0, 0.05) is 25.6 Å². The molecule has 0 N–H and O–H groups in total. The van der Waals surface area contributed by atoms with Crippen LogP contribution in [0.2, 0.25) is 0 Å². The lowest BCUT2D eigenvalue weighted by Crippen LogP contribution is -2.51. The largest absolute Gasteiger partial charge is 0.462 e. The lowest BCUT2D eigenvalue weighted by molar-refractivity contribution is -0.147. The SMILES string of the molecule is COC[C@H]1CCCN1C[C@H]1C(=O)O[C@@H]2C[C@@]3(C)CCC[C@]4(CO4)[C@H]3C[C@@H]21. The molecule has 5 aliphatic rings. The third-order valence-electron chi connectivity index (χ3n) is 8.37. The quantitative estimate of drug-likeness (QED) is 0.568. The molecule has 0 radical (unpaired) electrons. The highest BCUT2D eigenvalue weighted by Gasteiger charge is 2.65. The average molecular weight is 363 g/mol. The summed E-state index contributed by atoms with van der Waals surface area (Å²) in [5, 5.41) is 0. The van der Waals surface area contributed by atoms with E-state index in [-0.39, 0.29) is 29.0 Å². The number of esters is 1. The molecule has 2 saturated carbocycles. The van der Waals surface area contributed by atoms with Crippen LogP contribution in [0.25, 0.3) is 0 Å². The van der Waals surface area contributed by atoms with Crippen molar-refractivity contribution in [3.05, 3.63) is 0 Å². The van der Waals surface area contributed by atoms with E-state index in [1.54, 1.807) is 7.11 Å². The van der Waals surface area contributed by atoms with Gasteiger partial charge < -0.3 is 14.2 Å². The predicted molar refractivity (Wildman–Crippen MR) is 96.7 cm³/mol. The Hall–Kier alpha value is -0.650. The number of carbonyl (C=O) groups is 1. The number of fused-ring (bicyclic) bond motifs is 3. The van der Waals surface area contributed by atoms with E-state index in [2.05, 4.69) is 11.8 Å². The summed E-state index contributed by atoms with van der Waals surface area (Å²) in [7, 11) is 1.77. The van der Waals surface area contributed by atoms with Crippen molar-refractivity contribution in [2.75, 3.05) is 33.4 Å². The summed E-state index contributed by atoms with van der Waals surface area (Å²) in [6, 6.07) is 0.466. The molecule has 0 aromatic carbocycles. The first-order valence-electron chi connectivity index (χ1n) is 10.6. The molecule has 0 unspecified atom stereocenters. The van der Waals surface area contributed by atoms with E-state index in [4.69, 9.17) is 14.2 Å². The van der Waals surface area contributed by atoms with Crippen molar-refractivity contribution in [1.82, 2.24) is 4.90 Å². The minimum absolute atomic E-state index is 0.0414. The fraction of sp³-hybridized carbons (Fsp3) is 0.952. The van der Waals surface area contributed by atoms with Crippen molar-refractivity contribution in [2.24, 2.45) is 23.2 Å². The summed E-state index contributed by atoms with van der Waals surface area (Å²) in [5.74, 6) is 1.08. The summed E-state index contributed by atoms with van der Waals surface area (Å²) in [5.41, 5.74) is 0.428. The number of epoxide rings is 1. The Morgan fingerprint density at radius 1 is 1.31 bits per heavy atom. The summed E-state index contributed by atoms with van der Waals surface area (Å²) >= 11 is 0. The van der Waals surface area contributed by atoms with Crippen molar-refractivity contribution in [1.29, 1.82) is 0 Å². The molecular formula is C21H33NO4. The van der Waals surface area contributed by atoms with E-state index in [0.717, 1.165) is 39.1 Å². The third-order valence-corrected chi connectivity index (χ3v) is 8.37. The maximum Gasteiger partial charge on any atom is 0.310 e.